The first-order valence-electron chi connectivity index (χ1n) is 5.59. The van der Waals surface area contributed by atoms with Crippen LogP contribution in [-0.2, 0) is 0 Å². The van der Waals surface area contributed by atoms with Crippen LogP contribution in [0.4, 0.5) is 0 Å². The Hall–Kier alpha value is -0.243. The van der Waals surface area contributed by atoms with Gasteiger partial charge in [-0.25, -0.2) is 0 Å². The molecule has 2 heteroatoms. The van der Waals surface area contributed by atoms with Crippen LogP contribution in [-0.4, -0.2) is 8.07 Å². The van der Waals surface area contributed by atoms with Gasteiger partial charge in [-0.1, -0.05) is 53.6 Å². The quantitative estimate of drug-likeness (QED) is 0.518. The van der Waals surface area contributed by atoms with Crippen molar-refractivity contribution in [2.75, 3.05) is 0 Å². The largest absolute Gasteiger partial charge is 0.876 e. The Bertz CT molecular complexity index is 199. The summed E-state index contributed by atoms with van der Waals surface area (Å²) in [4.78, 5) is 0. The molecule has 0 atom stereocenters. The standard InChI is InChI=1S/C12H26OSi/c1-7-8-9-11(13)10-14(5,6)12(2,3)4/h10,13H,7-9H2,1-6H3/p-1/b11-10-. The Labute approximate surface area is 90.2 Å². The summed E-state index contributed by atoms with van der Waals surface area (Å²) in [5.41, 5.74) is 2.04. The van der Waals surface area contributed by atoms with Gasteiger partial charge in [-0.05, 0) is 11.5 Å². The molecule has 0 bridgehead atoms. The van der Waals surface area contributed by atoms with Crippen LogP contribution in [0.5, 0.6) is 0 Å². The van der Waals surface area contributed by atoms with E-state index in [-0.39, 0.29) is 5.04 Å². The van der Waals surface area contributed by atoms with Crippen LogP contribution >= 0.6 is 0 Å². The molecule has 0 spiro atoms. The van der Waals surface area contributed by atoms with Crippen molar-refractivity contribution in [3.05, 3.63) is 11.5 Å². The van der Waals surface area contributed by atoms with Crippen LogP contribution in [0.25, 0.3) is 0 Å². The summed E-state index contributed by atoms with van der Waals surface area (Å²) in [6.45, 7) is 13.4. The Morgan fingerprint density at radius 3 is 2.14 bits per heavy atom. The number of rotatable bonds is 4. The van der Waals surface area contributed by atoms with Crippen molar-refractivity contribution in [1.82, 2.24) is 0 Å². The summed E-state index contributed by atoms with van der Waals surface area (Å²) in [7, 11) is -1.49. The topological polar surface area (TPSA) is 23.1 Å². The molecular weight excluding hydrogens is 188 g/mol. The maximum atomic E-state index is 11.6. The fourth-order valence-corrected chi connectivity index (χ4v) is 2.42. The zero-order valence-electron chi connectivity index (χ0n) is 10.6. The van der Waals surface area contributed by atoms with Crippen LogP contribution in [0.1, 0.15) is 47.0 Å². The fraction of sp³-hybridized carbons (Fsp3) is 0.833. The molecule has 0 aromatic heterocycles. The molecule has 0 aliphatic heterocycles. The van der Waals surface area contributed by atoms with Crippen molar-refractivity contribution in [2.24, 2.45) is 0 Å². The van der Waals surface area contributed by atoms with E-state index in [1.165, 1.54) is 0 Å². The molecule has 0 rings (SSSR count). The van der Waals surface area contributed by atoms with Gasteiger partial charge >= 0.3 is 0 Å². The summed E-state index contributed by atoms with van der Waals surface area (Å²) in [5, 5.41) is 11.9. The molecule has 0 fully saturated rings. The van der Waals surface area contributed by atoms with Gasteiger partial charge in [-0.3, -0.25) is 0 Å². The molecule has 14 heavy (non-hydrogen) atoms. The van der Waals surface area contributed by atoms with Crippen molar-refractivity contribution in [3.63, 3.8) is 0 Å². The molecule has 0 aliphatic rings. The van der Waals surface area contributed by atoms with Crippen LogP contribution in [0.2, 0.25) is 18.1 Å². The van der Waals surface area contributed by atoms with E-state index in [9.17, 15) is 5.11 Å². The Morgan fingerprint density at radius 1 is 1.29 bits per heavy atom. The molecule has 0 aromatic rings. The van der Waals surface area contributed by atoms with Crippen LogP contribution in [0.15, 0.2) is 11.5 Å². The molecule has 1 nitrogen and oxygen atoms in total. The van der Waals surface area contributed by atoms with Gasteiger partial charge in [0.25, 0.3) is 0 Å². The van der Waals surface area contributed by atoms with E-state index in [2.05, 4.69) is 40.8 Å². The van der Waals surface area contributed by atoms with Crippen molar-refractivity contribution < 1.29 is 5.11 Å². The van der Waals surface area contributed by atoms with Crippen LogP contribution in [0.3, 0.4) is 0 Å². The summed E-state index contributed by atoms with van der Waals surface area (Å²) in [6, 6.07) is 0. The van der Waals surface area contributed by atoms with Crippen molar-refractivity contribution in [1.29, 1.82) is 0 Å². The van der Waals surface area contributed by atoms with Gasteiger partial charge < -0.3 is 5.11 Å². The maximum absolute atomic E-state index is 11.6. The lowest BCUT2D eigenvalue weighted by Crippen LogP contribution is -2.36. The molecule has 0 saturated heterocycles. The van der Waals surface area contributed by atoms with E-state index >= 15 is 0 Å². The second kappa shape index (κ2) is 5.01. The summed E-state index contributed by atoms with van der Waals surface area (Å²) >= 11 is 0. The van der Waals surface area contributed by atoms with Crippen molar-refractivity contribution >= 4 is 8.07 Å². The predicted octanol–water partition coefficient (Wildman–Crippen LogP) is 3.47. The van der Waals surface area contributed by atoms with E-state index in [4.69, 9.17) is 0 Å². The Balaban J connectivity index is 4.46. The van der Waals surface area contributed by atoms with Crippen LogP contribution < -0.4 is 5.11 Å². The van der Waals surface area contributed by atoms with E-state index < -0.39 is 8.07 Å². The van der Waals surface area contributed by atoms with E-state index in [0.717, 1.165) is 19.3 Å². The average molecular weight is 213 g/mol. The summed E-state index contributed by atoms with van der Waals surface area (Å²) in [5.74, 6) is 0.360. The molecule has 0 radical (unpaired) electrons. The van der Waals surface area contributed by atoms with Gasteiger partial charge in [-0.2, -0.15) is 0 Å². The average Bonchev–Trinajstić information content (AvgIpc) is 1.97. The second-order valence-corrected chi connectivity index (χ2v) is 10.9. The van der Waals surface area contributed by atoms with Gasteiger partial charge in [0.15, 0.2) is 0 Å². The van der Waals surface area contributed by atoms with E-state index in [1.807, 2.05) is 5.70 Å². The van der Waals surface area contributed by atoms with Gasteiger partial charge in [0, 0.05) is 0 Å². The molecule has 0 saturated carbocycles. The molecule has 0 unspecified atom stereocenters. The number of allylic oxidation sites excluding steroid dienone is 1. The van der Waals surface area contributed by atoms with Crippen molar-refractivity contribution in [2.45, 2.75) is 65.1 Å². The Kier molecular flexibility index (Phi) is 4.92. The predicted molar refractivity (Wildman–Crippen MR) is 64.8 cm³/mol. The molecule has 0 aromatic carbocycles. The zero-order chi connectivity index (χ0) is 11.4. The van der Waals surface area contributed by atoms with Gasteiger partial charge in [0.1, 0.15) is 0 Å². The lowest BCUT2D eigenvalue weighted by Gasteiger charge is -2.36. The minimum Gasteiger partial charge on any atom is -0.876 e. The van der Waals surface area contributed by atoms with Gasteiger partial charge in [0.2, 0.25) is 0 Å². The SMILES string of the molecule is CCCC/C([O-])=C/[Si](C)(C)C(C)(C)C. The lowest BCUT2D eigenvalue weighted by molar-refractivity contribution is -0.306. The number of hydrogen-bond donors (Lipinski definition) is 0. The Morgan fingerprint density at radius 2 is 1.79 bits per heavy atom. The highest BCUT2D eigenvalue weighted by Gasteiger charge is 2.32. The first-order valence-corrected chi connectivity index (χ1v) is 8.67. The molecule has 0 aliphatic carbocycles. The van der Waals surface area contributed by atoms with Gasteiger partial charge in [-0.15, -0.1) is 11.5 Å². The molecule has 0 N–H and O–H groups in total. The normalized spacial score (nSPS) is 14.6. The minimum absolute atomic E-state index is 0.287. The summed E-state index contributed by atoms with van der Waals surface area (Å²) in [6.07, 6.45) is 2.88. The summed E-state index contributed by atoms with van der Waals surface area (Å²) < 4.78 is 0. The fourth-order valence-electron chi connectivity index (χ4n) is 1.04. The van der Waals surface area contributed by atoms with E-state index in [1.54, 1.807) is 0 Å². The smallest absolute Gasteiger partial charge is 0.0758 e. The monoisotopic (exact) mass is 213 g/mol. The molecule has 0 heterocycles. The number of unbranched alkanes of at least 4 members (excludes halogenated alkanes) is 1. The molecule has 84 valence electrons. The first-order chi connectivity index (χ1) is 6.20. The first kappa shape index (κ1) is 13.8. The molecule has 0 amide bonds. The third-order valence-electron chi connectivity index (χ3n) is 3.23. The second-order valence-electron chi connectivity index (χ2n) is 5.69. The van der Waals surface area contributed by atoms with E-state index in [0.29, 0.717) is 5.76 Å². The van der Waals surface area contributed by atoms with Crippen molar-refractivity contribution in [3.8, 4) is 0 Å². The maximum Gasteiger partial charge on any atom is 0.0758 e. The lowest BCUT2D eigenvalue weighted by atomic mass is 10.2. The third kappa shape index (κ3) is 4.31. The van der Waals surface area contributed by atoms with Gasteiger partial charge in [0.05, 0.1) is 8.07 Å². The highest BCUT2D eigenvalue weighted by Crippen LogP contribution is 2.37. The molecular formula is C12H25OSi-. The van der Waals surface area contributed by atoms with Crippen LogP contribution in [0, 0.1) is 0 Å². The zero-order valence-corrected chi connectivity index (χ0v) is 11.6. The highest BCUT2D eigenvalue weighted by molar-refractivity contribution is 6.84. The minimum atomic E-state index is -1.49. The number of hydrogen-bond acceptors (Lipinski definition) is 1. The third-order valence-corrected chi connectivity index (χ3v) is 8.14. The highest BCUT2D eigenvalue weighted by atomic mass is 28.3.